The van der Waals surface area contributed by atoms with Crippen LogP contribution in [0.25, 0.3) is 0 Å². The summed E-state index contributed by atoms with van der Waals surface area (Å²) in [5.74, 6) is -0.249. The average Bonchev–Trinajstić information content (AvgIpc) is 3.73. The van der Waals surface area contributed by atoms with Crippen molar-refractivity contribution in [3.05, 3.63) is 76.6 Å². The summed E-state index contributed by atoms with van der Waals surface area (Å²) in [5, 5.41) is 41.0. The Kier molecular flexibility index (Phi) is 10.4. The number of aryl methyl sites for hydroxylation is 1. The van der Waals surface area contributed by atoms with Gasteiger partial charge in [-0.1, -0.05) is 50.5 Å². The number of nitrogens with one attached hydrogen (secondary N) is 1. The molecular formula is C35H47N4O6+. The molecule has 0 aromatic heterocycles. The van der Waals surface area contributed by atoms with Crippen LogP contribution in [-0.4, -0.2) is 57.4 Å². The van der Waals surface area contributed by atoms with Crippen LogP contribution in [0.5, 0.6) is 17.2 Å². The smallest absolute Gasteiger partial charge is 0.227 e. The SMILES string of the molecule is CCC[C@H](O)C[C@@H](O)CC(=O)CCc1cc(OC[NH+]2C=C3C(C4(c5cccc(C(N)N)c5)CCCC4)=CN=C3C2)c(O)cc1O. The lowest BCUT2D eigenvalue weighted by Crippen LogP contribution is -3.07. The molecule has 1 aliphatic carbocycles. The number of ketones is 1. The van der Waals surface area contributed by atoms with Crippen molar-refractivity contribution in [2.75, 3.05) is 13.3 Å². The first-order valence-corrected chi connectivity index (χ1v) is 16.1. The number of carbonyl (C=O) groups is 1. The molecule has 0 amide bonds. The molecule has 10 heteroatoms. The van der Waals surface area contributed by atoms with E-state index in [1.54, 1.807) is 6.07 Å². The normalized spacial score (nSPS) is 20.0. The number of fused-ring (bicyclic) bond motifs is 1. The Morgan fingerprint density at radius 3 is 2.60 bits per heavy atom. The Morgan fingerprint density at radius 1 is 1.09 bits per heavy atom. The third-order valence-corrected chi connectivity index (χ3v) is 9.37. The van der Waals surface area contributed by atoms with Gasteiger partial charge in [0.2, 0.25) is 6.73 Å². The Bertz CT molecular complexity index is 1480. The maximum absolute atomic E-state index is 12.5. The molecule has 2 aromatic rings. The summed E-state index contributed by atoms with van der Waals surface area (Å²) in [6.45, 7) is 2.84. The van der Waals surface area contributed by atoms with E-state index in [4.69, 9.17) is 21.2 Å². The Hall–Kier alpha value is -3.54. The standard InChI is InChI=1S/C35H46N4O6/c1-2-6-25(40)15-27(42)16-26(41)10-9-22-14-33(32(44)17-31(22)43)45-21-39-19-28-29(18-38-30(28)20-39)35(11-3-4-12-35)24-8-5-7-23(13-24)34(36)37/h5,7-8,13-14,17-19,25,27,34,40,42-44H,2-4,6,9-12,15-16,20-21,36-37H2,1H3/p+1/t25-,27+/m0/s1. The van der Waals surface area contributed by atoms with Gasteiger partial charge in [-0.2, -0.15) is 0 Å². The molecule has 1 saturated carbocycles. The van der Waals surface area contributed by atoms with E-state index in [2.05, 4.69) is 18.3 Å². The number of aliphatic imine (C=N–C) groups is 1. The molecule has 0 spiro atoms. The third kappa shape index (κ3) is 7.48. The van der Waals surface area contributed by atoms with Gasteiger partial charge in [-0.05, 0) is 60.4 Å². The zero-order valence-corrected chi connectivity index (χ0v) is 26.0. The lowest BCUT2D eigenvalue weighted by molar-refractivity contribution is -0.851. The second-order valence-electron chi connectivity index (χ2n) is 12.8. The number of hydrogen-bond acceptors (Lipinski definition) is 9. The number of quaternary nitrogens is 1. The minimum Gasteiger partial charge on any atom is -0.508 e. The highest BCUT2D eigenvalue weighted by Gasteiger charge is 2.45. The van der Waals surface area contributed by atoms with E-state index in [-0.39, 0.29) is 60.9 Å². The second kappa shape index (κ2) is 14.3. The van der Waals surface area contributed by atoms with Crippen LogP contribution in [0.3, 0.4) is 0 Å². The molecule has 45 heavy (non-hydrogen) atoms. The monoisotopic (exact) mass is 619 g/mol. The highest BCUT2D eigenvalue weighted by Crippen LogP contribution is 2.50. The van der Waals surface area contributed by atoms with Gasteiger partial charge in [-0.3, -0.25) is 14.7 Å². The fourth-order valence-corrected chi connectivity index (χ4v) is 6.99. The maximum atomic E-state index is 12.5. The van der Waals surface area contributed by atoms with Crippen LogP contribution in [0, 0.1) is 0 Å². The summed E-state index contributed by atoms with van der Waals surface area (Å²) in [5.41, 5.74) is 17.8. The predicted octanol–water partition coefficient (Wildman–Crippen LogP) is 2.79. The third-order valence-electron chi connectivity index (χ3n) is 9.37. The van der Waals surface area contributed by atoms with Crippen molar-refractivity contribution < 1.29 is 34.9 Å². The number of ether oxygens (including phenoxy) is 1. The van der Waals surface area contributed by atoms with E-state index in [0.29, 0.717) is 18.5 Å². The Labute approximate surface area is 264 Å². The lowest BCUT2D eigenvalue weighted by Gasteiger charge is -2.32. The molecule has 10 nitrogen and oxygen atoms in total. The summed E-state index contributed by atoms with van der Waals surface area (Å²) in [4.78, 5) is 18.3. The molecular weight excluding hydrogens is 572 g/mol. The van der Waals surface area contributed by atoms with Crippen molar-refractivity contribution in [3.63, 3.8) is 0 Å². The molecule has 242 valence electrons. The van der Waals surface area contributed by atoms with Gasteiger partial charge < -0.3 is 36.6 Å². The highest BCUT2D eigenvalue weighted by atomic mass is 16.5. The summed E-state index contributed by atoms with van der Waals surface area (Å²) >= 11 is 0. The molecule has 1 unspecified atom stereocenters. The first-order valence-electron chi connectivity index (χ1n) is 16.1. The molecule has 0 saturated heterocycles. The lowest BCUT2D eigenvalue weighted by atomic mass is 9.70. The van der Waals surface area contributed by atoms with Gasteiger partial charge in [0.25, 0.3) is 0 Å². The average molecular weight is 620 g/mol. The molecule has 9 N–H and O–H groups in total. The van der Waals surface area contributed by atoms with Crippen molar-refractivity contribution in [1.82, 2.24) is 0 Å². The van der Waals surface area contributed by atoms with Crippen molar-refractivity contribution in [3.8, 4) is 17.2 Å². The first kappa shape index (κ1) is 32.8. The molecule has 5 rings (SSSR count). The topological polar surface area (TPSA) is 176 Å². The predicted molar refractivity (Wildman–Crippen MR) is 172 cm³/mol. The quantitative estimate of drug-likeness (QED) is 0.149. The number of Topliss-reactive ketones (excluding diaryl/α,β-unsaturated/α-hetero) is 1. The Morgan fingerprint density at radius 2 is 1.87 bits per heavy atom. The van der Waals surface area contributed by atoms with Crippen molar-refractivity contribution >= 4 is 11.5 Å². The summed E-state index contributed by atoms with van der Waals surface area (Å²) < 4.78 is 6.03. The van der Waals surface area contributed by atoms with Crippen molar-refractivity contribution in [1.29, 1.82) is 0 Å². The fourth-order valence-electron chi connectivity index (χ4n) is 6.99. The minimum atomic E-state index is -0.902. The molecule has 2 heterocycles. The molecule has 2 aromatic carbocycles. The number of phenols is 2. The Balaban J connectivity index is 1.22. The highest BCUT2D eigenvalue weighted by molar-refractivity contribution is 6.08. The van der Waals surface area contributed by atoms with E-state index in [1.165, 1.54) is 17.2 Å². The van der Waals surface area contributed by atoms with Crippen molar-refractivity contribution in [2.45, 2.75) is 94.9 Å². The number of carbonyl (C=O) groups excluding carboxylic acids is 1. The molecule has 1 fully saturated rings. The van der Waals surface area contributed by atoms with Gasteiger partial charge in [0.1, 0.15) is 30.0 Å². The van der Waals surface area contributed by atoms with Gasteiger partial charge in [0, 0.05) is 30.5 Å². The van der Waals surface area contributed by atoms with E-state index in [9.17, 15) is 25.2 Å². The number of rotatable bonds is 15. The summed E-state index contributed by atoms with van der Waals surface area (Å²) in [6, 6.07) is 11.1. The first-order chi connectivity index (χ1) is 21.6. The number of hydrogen-bond donors (Lipinski definition) is 7. The maximum Gasteiger partial charge on any atom is 0.227 e. The van der Waals surface area contributed by atoms with Crippen LogP contribution in [0.2, 0.25) is 0 Å². The van der Waals surface area contributed by atoms with Crippen LogP contribution in [0.4, 0.5) is 0 Å². The van der Waals surface area contributed by atoms with Gasteiger partial charge in [-0.25, -0.2) is 0 Å². The summed E-state index contributed by atoms with van der Waals surface area (Å²) in [6.07, 6.45) is 8.27. The number of aliphatic hydroxyl groups excluding tert-OH is 2. The van der Waals surface area contributed by atoms with Crippen LogP contribution in [0.15, 0.2) is 64.9 Å². The number of nitrogens with zero attached hydrogens (tertiary/aromatic N) is 1. The van der Waals surface area contributed by atoms with E-state index in [0.717, 1.165) is 53.9 Å². The van der Waals surface area contributed by atoms with Crippen LogP contribution in [0.1, 0.15) is 87.6 Å². The van der Waals surface area contributed by atoms with Gasteiger partial charge >= 0.3 is 0 Å². The molecule has 0 bridgehead atoms. The van der Waals surface area contributed by atoms with Crippen molar-refractivity contribution in [2.24, 2.45) is 16.5 Å². The number of allylic oxidation sites excluding steroid dienone is 1. The van der Waals surface area contributed by atoms with E-state index >= 15 is 0 Å². The number of phenolic OH excluding ortho intramolecular Hbond substituents is 2. The van der Waals surface area contributed by atoms with Crippen LogP contribution >= 0.6 is 0 Å². The number of aliphatic hydroxyl groups is 2. The second-order valence-corrected chi connectivity index (χ2v) is 12.8. The van der Waals surface area contributed by atoms with Gasteiger partial charge in [0.05, 0.1) is 23.9 Å². The molecule has 3 atom stereocenters. The van der Waals surface area contributed by atoms with Crippen LogP contribution in [-0.2, 0) is 16.6 Å². The number of nitrogens with two attached hydrogens (primary N) is 2. The zero-order chi connectivity index (χ0) is 32.1. The molecule has 0 radical (unpaired) electrons. The number of aromatic hydroxyl groups is 2. The van der Waals surface area contributed by atoms with E-state index in [1.807, 2.05) is 25.3 Å². The summed E-state index contributed by atoms with van der Waals surface area (Å²) in [7, 11) is 0. The zero-order valence-electron chi connectivity index (χ0n) is 26.0. The minimum absolute atomic E-state index is 0.0520. The molecule has 3 aliphatic rings. The van der Waals surface area contributed by atoms with Gasteiger partial charge in [-0.15, -0.1) is 0 Å². The number of benzene rings is 2. The van der Waals surface area contributed by atoms with Gasteiger partial charge in [0.15, 0.2) is 11.5 Å². The fraction of sp³-hybridized carbons (Fsp3) is 0.486. The van der Waals surface area contributed by atoms with Crippen LogP contribution < -0.4 is 21.1 Å². The molecule has 2 aliphatic heterocycles. The van der Waals surface area contributed by atoms with E-state index < -0.39 is 18.4 Å². The largest absolute Gasteiger partial charge is 0.508 e.